The summed E-state index contributed by atoms with van der Waals surface area (Å²) in [7, 11) is 0. The number of ether oxygens (including phenoxy) is 1. The molecule has 2 N–H and O–H groups in total. The summed E-state index contributed by atoms with van der Waals surface area (Å²) in [6.07, 6.45) is -2.66. The van der Waals surface area contributed by atoms with E-state index in [-0.39, 0.29) is 0 Å². The molecule has 0 saturated heterocycles. The summed E-state index contributed by atoms with van der Waals surface area (Å²) in [4.78, 5) is 0. The van der Waals surface area contributed by atoms with Crippen molar-refractivity contribution in [3.05, 3.63) is 59.7 Å². The molecule has 140 valence electrons. The van der Waals surface area contributed by atoms with Gasteiger partial charge in [0.1, 0.15) is 5.75 Å². The normalized spacial score (nSPS) is 11.1. The van der Waals surface area contributed by atoms with Crippen molar-refractivity contribution in [1.29, 1.82) is 0 Å². The van der Waals surface area contributed by atoms with E-state index in [1.807, 2.05) is 31.2 Å². The molecule has 0 aliphatic heterocycles. The van der Waals surface area contributed by atoms with Gasteiger partial charge in [-0.2, -0.15) is 13.2 Å². The molecule has 0 bridgehead atoms. The fourth-order valence-electron chi connectivity index (χ4n) is 2.36. The second-order valence-electron chi connectivity index (χ2n) is 5.64. The maximum absolute atomic E-state index is 12.7. The van der Waals surface area contributed by atoms with Crippen LogP contribution in [0.25, 0.3) is 0 Å². The van der Waals surface area contributed by atoms with Gasteiger partial charge in [0, 0.05) is 12.2 Å². The predicted molar refractivity (Wildman–Crippen MR) is 102 cm³/mol. The third-order valence-electron chi connectivity index (χ3n) is 3.61. The van der Waals surface area contributed by atoms with Gasteiger partial charge in [-0.15, -0.1) is 0 Å². The molecule has 0 unspecified atom stereocenters. The summed E-state index contributed by atoms with van der Waals surface area (Å²) in [5, 5.41) is 6.09. The minimum atomic E-state index is -4.37. The first-order valence-corrected chi connectivity index (χ1v) is 8.73. The van der Waals surface area contributed by atoms with E-state index in [4.69, 9.17) is 17.0 Å². The average Bonchev–Trinajstić information content (AvgIpc) is 2.60. The average molecular weight is 382 g/mol. The highest BCUT2D eigenvalue weighted by Crippen LogP contribution is 2.30. The summed E-state index contributed by atoms with van der Waals surface area (Å²) in [6.45, 7) is 3.20. The van der Waals surface area contributed by atoms with Crippen LogP contribution < -0.4 is 15.4 Å². The fraction of sp³-hybridized carbons (Fsp3) is 0.316. The number of thiocarbonyl (C=S) groups is 1. The summed E-state index contributed by atoms with van der Waals surface area (Å²) >= 11 is 5.13. The topological polar surface area (TPSA) is 33.3 Å². The van der Waals surface area contributed by atoms with E-state index in [1.54, 1.807) is 6.07 Å². The van der Waals surface area contributed by atoms with Crippen LogP contribution in [0.15, 0.2) is 48.5 Å². The molecule has 0 spiro atoms. The Hall–Kier alpha value is -2.28. The molecule has 3 nitrogen and oxygen atoms in total. The lowest BCUT2D eigenvalue weighted by Gasteiger charge is -2.12. The Morgan fingerprint density at radius 3 is 2.50 bits per heavy atom. The zero-order valence-electron chi connectivity index (χ0n) is 14.4. The van der Waals surface area contributed by atoms with E-state index in [2.05, 4.69) is 10.6 Å². The van der Waals surface area contributed by atoms with Gasteiger partial charge in [0.2, 0.25) is 0 Å². The molecule has 2 rings (SSSR count). The Morgan fingerprint density at radius 1 is 1.12 bits per heavy atom. The zero-order valence-corrected chi connectivity index (χ0v) is 15.2. The van der Waals surface area contributed by atoms with Gasteiger partial charge in [0.05, 0.1) is 12.2 Å². The van der Waals surface area contributed by atoms with E-state index in [0.29, 0.717) is 24.0 Å². The van der Waals surface area contributed by atoms with Gasteiger partial charge in [-0.1, -0.05) is 18.2 Å². The number of rotatable bonds is 7. The van der Waals surface area contributed by atoms with Gasteiger partial charge in [-0.25, -0.2) is 0 Å². The quantitative estimate of drug-likeness (QED) is 0.520. The van der Waals surface area contributed by atoms with Crippen molar-refractivity contribution in [1.82, 2.24) is 5.32 Å². The van der Waals surface area contributed by atoms with Crippen molar-refractivity contribution in [3.63, 3.8) is 0 Å². The van der Waals surface area contributed by atoms with Crippen molar-refractivity contribution in [2.45, 2.75) is 25.9 Å². The number of alkyl halides is 3. The Kier molecular flexibility index (Phi) is 7.26. The second-order valence-corrected chi connectivity index (χ2v) is 6.05. The molecule has 0 heterocycles. The SMILES string of the molecule is CCOc1ccc(CCCNC(=S)Nc2cccc(C(F)(F)F)c2)cc1. The van der Waals surface area contributed by atoms with E-state index in [1.165, 1.54) is 11.6 Å². The molecule has 0 radical (unpaired) electrons. The molecule has 0 aliphatic carbocycles. The summed E-state index contributed by atoms with van der Waals surface area (Å²) in [5.74, 6) is 0.848. The molecule has 0 aliphatic rings. The second kappa shape index (κ2) is 9.43. The summed E-state index contributed by atoms with van der Waals surface area (Å²) < 4.78 is 43.5. The van der Waals surface area contributed by atoms with Crippen molar-refractivity contribution in [2.75, 3.05) is 18.5 Å². The number of aryl methyl sites for hydroxylation is 1. The van der Waals surface area contributed by atoms with E-state index < -0.39 is 11.7 Å². The van der Waals surface area contributed by atoms with Crippen LogP contribution in [0.5, 0.6) is 5.75 Å². The molecule has 2 aromatic rings. The van der Waals surface area contributed by atoms with Gasteiger partial charge in [0.25, 0.3) is 0 Å². The standard InChI is InChI=1S/C19H21F3N2OS/c1-2-25-17-10-8-14(9-11-17)5-4-12-23-18(26)24-16-7-3-6-15(13-16)19(20,21)22/h3,6-11,13H,2,4-5,12H2,1H3,(H2,23,24,26). The first-order chi connectivity index (χ1) is 12.4. The van der Waals surface area contributed by atoms with Crippen LogP contribution in [0.4, 0.5) is 18.9 Å². The molecular formula is C19H21F3N2OS. The molecule has 0 aromatic heterocycles. The molecular weight excluding hydrogens is 361 g/mol. The maximum atomic E-state index is 12.7. The van der Waals surface area contributed by atoms with Crippen molar-refractivity contribution in [3.8, 4) is 5.75 Å². The molecule has 26 heavy (non-hydrogen) atoms. The van der Waals surface area contributed by atoms with E-state index in [9.17, 15) is 13.2 Å². The largest absolute Gasteiger partial charge is 0.494 e. The number of anilines is 1. The maximum Gasteiger partial charge on any atom is 0.416 e. The highest BCUT2D eigenvalue weighted by molar-refractivity contribution is 7.80. The molecule has 0 saturated carbocycles. The Morgan fingerprint density at radius 2 is 1.85 bits per heavy atom. The van der Waals surface area contributed by atoms with Gasteiger partial charge in [0.15, 0.2) is 5.11 Å². The van der Waals surface area contributed by atoms with Crippen LogP contribution in [-0.4, -0.2) is 18.3 Å². The van der Waals surface area contributed by atoms with Gasteiger partial charge >= 0.3 is 6.18 Å². The lowest BCUT2D eigenvalue weighted by molar-refractivity contribution is -0.137. The zero-order chi connectivity index (χ0) is 19.0. The fourth-order valence-corrected chi connectivity index (χ4v) is 2.58. The summed E-state index contributed by atoms with van der Waals surface area (Å²) in [6, 6.07) is 12.9. The monoisotopic (exact) mass is 382 g/mol. The molecule has 0 fully saturated rings. The molecule has 0 amide bonds. The van der Waals surface area contributed by atoms with Crippen LogP contribution in [-0.2, 0) is 12.6 Å². The Bertz CT molecular complexity index is 717. The van der Waals surface area contributed by atoms with Crippen LogP contribution in [0.3, 0.4) is 0 Å². The number of halogens is 3. The Labute approximate surface area is 156 Å². The van der Waals surface area contributed by atoms with E-state index in [0.717, 1.165) is 30.7 Å². The highest BCUT2D eigenvalue weighted by Gasteiger charge is 2.30. The van der Waals surface area contributed by atoms with Gasteiger partial charge < -0.3 is 15.4 Å². The van der Waals surface area contributed by atoms with Crippen LogP contribution in [0, 0.1) is 0 Å². The van der Waals surface area contributed by atoms with Gasteiger partial charge in [-0.05, 0) is 67.9 Å². The lowest BCUT2D eigenvalue weighted by Crippen LogP contribution is -2.29. The predicted octanol–water partition coefficient (Wildman–Crippen LogP) is 5.02. The summed E-state index contributed by atoms with van der Waals surface area (Å²) in [5.41, 5.74) is 0.789. The molecule has 0 atom stereocenters. The third kappa shape index (κ3) is 6.55. The van der Waals surface area contributed by atoms with Crippen molar-refractivity contribution in [2.24, 2.45) is 0 Å². The number of benzene rings is 2. The third-order valence-corrected chi connectivity index (χ3v) is 3.86. The molecule has 7 heteroatoms. The minimum absolute atomic E-state index is 0.302. The highest BCUT2D eigenvalue weighted by atomic mass is 32.1. The van der Waals surface area contributed by atoms with Crippen molar-refractivity contribution < 1.29 is 17.9 Å². The van der Waals surface area contributed by atoms with E-state index >= 15 is 0 Å². The van der Waals surface area contributed by atoms with Crippen LogP contribution in [0.1, 0.15) is 24.5 Å². The van der Waals surface area contributed by atoms with Crippen LogP contribution >= 0.6 is 12.2 Å². The van der Waals surface area contributed by atoms with Gasteiger partial charge in [-0.3, -0.25) is 0 Å². The van der Waals surface area contributed by atoms with Crippen molar-refractivity contribution >= 4 is 23.0 Å². The first kappa shape index (κ1) is 20.0. The van der Waals surface area contributed by atoms with Crippen LogP contribution in [0.2, 0.25) is 0 Å². The number of nitrogens with one attached hydrogen (secondary N) is 2. The Balaban J connectivity index is 1.74. The smallest absolute Gasteiger partial charge is 0.416 e. The number of hydrogen-bond donors (Lipinski definition) is 2. The minimum Gasteiger partial charge on any atom is -0.494 e. The first-order valence-electron chi connectivity index (χ1n) is 8.32. The number of hydrogen-bond acceptors (Lipinski definition) is 2. The molecule has 2 aromatic carbocycles. The lowest BCUT2D eigenvalue weighted by atomic mass is 10.1.